The van der Waals surface area contributed by atoms with Gasteiger partial charge in [0.15, 0.2) is 0 Å². The van der Waals surface area contributed by atoms with Crippen LogP contribution in [0.4, 0.5) is 4.79 Å². The summed E-state index contributed by atoms with van der Waals surface area (Å²) in [5.74, 6) is 0.211. The van der Waals surface area contributed by atoms with Gasteiger partial charge in [0.2, 0.25) is 0 Å². The number of hydrogen-bond donors (Lipinski definition) is 1. The number of ether oxygens (including phenoxy) is 1. The molecule has 1 N–H and O–H groups in total. The van der Waals surface area contributed by atoms with Crippen LogP contribution in [0.3, 0.4) is 0 Å². The minimum absolute atomic E-state index is 0.00480. The number of nitrogens with zero attached hydrogens (tertiary/aromatic N) is 1. The second-order valence-corrected chi connectivity index (χ2v) is 9.63. The zero-order valence-electron chi connectivity index (χ0n) is 18.2. The van der Waals surface area contributed by atoms with Crippen LogP contribution in [0, 0.1) is 0 Å². The number of benzene rings is 3. The lowest BCUT2D eigenvalue weighted by molar-refractivity contribution is 0.0953. The molecule has 0 aromatic heterocycles. The molecule has 0 saturated carbocycles. The number of carbonyl (C=O) groups excluding carboxylic acids is 1. The Morgan fingerprint density at radius 3 is 2.33 bits per heavy atom. The second kappa shape index (κ2) is 8.53. The predicted octanol–water partition coefficient (Wildman–Crippen LogP) is 3.84. The van der Waals surface area contributed by atoms with Crippen molar-refractivity contribution in [2.24, 2.45) is 0 Å². The summed E-state index contributed by atoms with van der Waals surface area (Å²) in [6.07, 6.45) is 0.287. The Morgan fingerprint density at radius 2 is 1.67 bits per heavy atom. The molecule has 2 aliphatic rings. The molecule has 1 heterocycles. The number of carbonyl (C=O) groups is 1. The van der Waals surface area contributed by atoms with Crippen molar-refractivity contribution >= 4 is 16.4 Å². The Balaban J connectivity index is 1.29. The molecule has 0 bridgehead atoms. The Labute approximate surface area is 193 Å². The van der Waals surface area contributed by atoms with Gasteiger partial charge in [-0.1, -0.05) is 54.6 Å². The number of fused-ring (bicyclic) bond motifs is 4. The van der Waals surface area contributed by atoms with Gasteiger partial charge < -0.3 is 13.8 Å². The van der Waals surface area contributed by atoms with Crippen molar-refractivity contribution in [2.45, 2.75) is 18.9 Å². The van der Waals surface area contributed by atoms with Gasteiger partial charge in [0.05, 0.1) is 0 Å². The fourth-order valence-corrected chi connectivity index (χ4v) is 5.04. The highest BCUT2D eigenvalue weighted by molar-refractivity contribution is 7.85. The molecule has 1 amide bonds. The normalized spacial score (nSPS) is 14.9. The maximum atomic E-state index is 12.9. The minimum Gasteiger partial charge on any atom is -0.448 e. The number of amides is 1. The van der Waals surface area contributed by atoms with Crippen LogP contribution in [0.15, 0.2) is 66.7 Å². The first-order valence-electron chi connectivity index (χ1n) is 10.8. The third-order valence-electron chi connectivity index (χ3n) is 6.24. The van der Waals surface area contributed by atoms with Crippen LogP contribution in [-0.4, -0.2) is 39.6 Å². The summed E-state index contributed by atoms with van der Waals surface area (Å²) < 4.78 is 36.3. The van der Waals surface area contributed by atoms with Crippen LogP contribution < -0.4 is 8.91 Å². The number of rotatable bonds is 5. The van der Waals surface area contributed by atoms with E-state index in [0.29, 0.717) is 19.5 Å². The highest BCUT2D eigenvalue weighted by Gasteiger charge is 2.30. The summed E-state index contributed by atoms with van der Waals surface area (Å²) in [5, 5.41) is 0. The Hall–Kier alpha value is -3.36. The molecule has 33 heavy (non-hydrogen) atoms. The lowest BCUT2D eigenvalue weighted by Gasteiger charge is -2.29. The smallest absolute Gasteiger partial charge is 0.410 e. The lowest BCUT2D eigenvalue weighted by atomic mass is 9.98. The van der Waals surface area contributed by atoms with Crippen molar-refractivity contribution in [3.8, 4) is 16.9 Å². The molecule has 1 aliphatic carbocycles. The number of hydrogen-bond acceptors (Lipinski definition) is 5. The highest BCUT2D eigenvalue weighted by atomic mass is 32.2. The summed E-state index contributed by atoms with van der Waals surface area (Å²) in [5.41, 5.74) is 6.62. The predicted molar refractivity (Wildman–Crippen MR) is 124 cm³/mol. The van der Waals surface area contributed by atoms with Gasteiger partial charge in [0, 0.05) is 26.1 Å². The average Bonchev–Trinajstić information content (AvgIpc) is 3.15. The van der Waals surface area contributed by atoms with Crippen molar-refractivity contribution in [2.75, 3.05) is 20.2 Å². The molecule has 1 aliphatic heterocycles. The van der Waals surface area contributed by atoms with Gasteiger partial charge in [-0.3, -0.25) is 0 Å². The van der Waals surface area contributed by atoms with Gasteiger partial charge in [-0.05, 0) is 51.9 Å². The highest BCUT2D eigenvalue weighted by Crippen LogP contribution is 2.44. The van der Waals surface area contributed by atoms with Gasteiger partial charge in [0.25, 0.3) is 0 Å². The van der Waals surface area contributed by atoms with Crippen LogP contribution in [0.5, 0.6) is 5.75 Å². The van der Waals surface area contributed by atoms with E-state index in [1.807, 2.05) is 30.3 Å². The fourth-order valence-electron chi connectivity index (χ4n) is 4.59. The molecule has 170 valence electrons. The van der Waals surface area contributed by atoms with Gasteiger partial charge in [-0.25, -0.2) is 4.79 Å². The summed E-state index contributed by atoms with van der Waals surface area (Å²) in [6, 6.07) is 21.6. The third-order valence-corrected chi connectivity index (χ3v) is 7.15. The summed E-state index contributed by atoms with van der Waals surface area (Å²) in [4.78, 5) is 14.6. The average molecular weight is 465 g/mol. The van der Waals surface area contributed by atoms with Crippen LogP contribution in [0.25, 0.3) is 11.1 Å². The molecule has 0 atom stereocenters. The summed E-state index contributed by atoms with van der Waals surface area (Å²) >= 11 is 0. The molecule has 0 radical (unpaired) electrons. The zero-order chi connectivity index (χ0) is 23.0. The van der Waals surface area contributed by atoms with E-state index in [1.54, 1.807) is 17.0 Å². The van der Waals surface area contributed by atoms with Crippen LogP contribution in [0.1, 0.15) is 28.2 Å². The van der Waals surface area contributed by atoms with Crippen LogP contribution in [0.2, 0.25) is 0 Å². The van der Waals surface area contributed by atoms with E-state index in [9.17, 15) is 13.2 Å². The van der Waals surface area contributed by atoms with Gasteiger partial charge in [-0.15, -0.1) is 0 Å². The monoisotopic (exact) mass is 464 g/mol. The lowest BCUT2D eigenvalue weighted by Crippen LogP contribution is -2.37. The molecule has 3 aromatic carbocycles. The van der Waals surface area contributed by atoms with Gasteiger partial charge in [-0.2, -0.15) is 13.1 Å². The Bertz CT molecular complexity index is 1280. The van der Waals surface area contributed by atoms with E-state index in [4.69, 9.17) is 8.92 Å². The van der Waals surface area contributed by atoms with E-state index < -0.39 is 10.3 Å². The molecule has 5 rings (SSSR count). The molecule has 0 spiro atoms. The van der Waals surface area contributed by atoms with Crippen LogP contribution in [-0.2, 0) is 28.0 Å². The standard InChI is InChI=1S/C25H24N2O5S/c1-26-33(29,30)32-19-11-10-17-12-13-27(15-18(17)14-19)25(28)31-16-24-22-8-4-2-6-20(22)21-7-3-5-9-23(21)24/h2-11,14,24,26H,12-13,15-16H2,1H3. The van der Waals surface area contributed by atoms with Gasteiger partial charge >= 0.3 is 16.4 Å². The first-order valence-corrected chi connectivity index (χ1v) is 12.2. The Morgan fingerprint density at radius 1 is 1.00 bits per heavy atom. The molecule has 8 heteroatoms. The number of nitrogens with one attached hydrogen (secondary N) is 1. The second-order valence-electron chi connectivity index (χ2n) is 8.15. The minimum atomic E-state index is -3.85. The fraction of sp³-hybridized carbons (Fsp3) is 0.240. The molecular weight excluding hydrogens is 440 g/mol. The van der Waals surface area contributed by atoms with E-state index >= 15 is 0 Å². The molecule has 0 unspecified atom stereocenters. The maximum absolute atomic E-state index is 12.9. The van der Waals surface area contributed by atoms with Gasteiger partial charge in [0.1, 0.15) is 12.4 Å². The topological polar surface area (TPSA) is 84.9 Å². The quantitative estimate of drug-likeness (QED) is 0.620. The molecule has 0 saturated heterocycles. The van der Waals surface area contributed by atoms with E-state index in [0.717, 1.165) is 11.1 Å². The van der Waals surface area contributed by atoms with Crippen molar-refractivity contribution in [3.05, 3.63) is 89.0 Å². The van der Waals surface area contributed by atoms with E-state index in [2.05, 4.69) is 29.0 Å². The molecule has 7 nitrogen and oxygen atoms in total. The first-order chi connectivity index (χ1) is 15.9. The van der Waals surface area contributed by atoms with E-state index in [1.165, 1.54) is 29.3 Å². The summed E-state index contributed by atoms with van der Waals surface area (Å²) in [6.45, 7) is 1.14. The van der Waals surface area contributed by atoms with Crippen molar-refractivity contribution in [1.82, 2.24) is 9.62 Å². The van der Waals surface area contributed by atoms with E-state index in [-0.39, 0.29) is 24.4 Å². The van der Waals surface area contributed by atoms with Crippen LogP contribution >= 0.6 is 0 Å². The maximum Gasteiger partial charge on any atom is 0.410 e. The largest absolute Gasteiger partial charge is 0.448 e. The van der Waals surface area contributed by atoms with Crippen molar-refractivity contribution in [3.63, 3.8) is 0 Å². The van der Waals surface area contributed by atoms with Crippen molar-refractivity contribution in [1.29, 1.82) is 0 Å². The SMILES string of the molecule is CNS(=O)(=O)Oc1ccc2c(c1)CN(C(=O)OCC1c3ccccc3-c3ccccc31)CC2. The molecular formula is C25H24N2O5S. The summed E-state index contributed by atoms with van der Waals surface area (Å²) in [7, 11) is -2.57. The third kappa shape index (κ3) is 4.19. The molecule has 0 fully saturated rings. The first kappa shape index (κ1) is 21.5. The molecule has 3 aromatic rings. The van der Waals surface area contributed by atoms with Crippen molar-refractivity contribution < 1.29 is 22.1 Å². The Kier molecular flexibility index (Phi) is 5.55. The zero-order valence-corrected chi connectivity index (χ0v) is 19.0.